The zero-order valence-corrected chi connectivity index (χ0v) is 26.4. The van der Waals surface area contributed by atoms with Crippen LogP contribution in [-0.4, -0.2) is 34.9 Å². The van der Waals surface area contributed by atoms with Gasteiger partial charge in [-0.15, -0.1) is 0 Å². The fourth-order valence-corrected chi connectivity index (χ4v) is 7.58. The number of hydrogen-bond donors (Lipinski definition) is 1. The molecule has 2 fully saturated rings. The molecule has 6 rings (SSSR count). The quantitative estimate of drug-likeness (QED) is 0.228. The van der Waals surface area contributed by atoms with E-state index < -0.39 is 0 Å². The highest BCUT2D eigenvalue weighted by molar-refractivity contribution is 7.80. The lowest BCUT2D eigenvalue weighted by atomic mass is 9.91. The largest absolute Gasteiger partial charge is 0.497 e. The van der Waals surface area contributed by atoms with Gasteiger partial charge in [0.25, 0.3) is 0 Å². The minimum atomic E-state index is -0.139. The van der Waals surface area contributed by atoms with Gasteiger partial charge in [-0.25, -0.2) is 0 Å². The Labute approximate surface area is 259 Å². The number of piperidine rings is 1. The van der Waals surface area contributed by atoms with Gasteiger partial charge in [0.1, 0.15) is 5.75 Å². The van der Waals surface area contributed by atoms with Crippen LogP contribution >= 0.6 is 23.8 Å². The van der Waals surface area contributed by atoms with Gasteiger partial charge in [-0.1, -0.05) is 37.6 Å². The third kappa shape index (κ3) is 5.25. The Kier molecular flexibility index (Phi) is 7.90. The first-order valence-electron chi connectivity index (χ1n) is 14.6. The van der Waals surface area contributed by atoms with Gasteiger partial charge in [-0.2, -0.15) is 0 Å². The van der Waals surface area contributed by atoms with E-state index in [1.54, 1.807) is 7.11 Å². The molecule has 8 heteroatoms. The number of hydrogen-bond acceptors (Lipinski definition) is 4. The average molecular weight is 600 g/mol. The summed E-state index contributed by atoms with van der Waals surface area (Å²) in [5.41, 5.74) is 7.51. The first kappa shape index (κ1) is 28.6. The Morgan fingerprint density at radius 3 is 2.43 bits per heavy atom. The fraction of sp³-hybridized carbons (Fsp3) is 0.353. The highest BCUT2D eigenvalue weighted by atomic mass is 35.5. The second-order valence-electron chi connectivity index (χ2n) is 11.8. The molecule has 2 saturated heterocycles. The van der Waals surface area contributed by atoms with Crippen molar-refractivity contribution in [1.82, 2.24) is 14.9 Å². The van der Waals surface area contributed by atoms with E-state index in [0.29, 0.717) is 16.9 Å². The number of ether oxygens (including phenoxy) is 1. The molecule has 1 N–H and O–H groups in total. The van der Waals surface area contributed by atoms with Crippen molar-refractivity contribution >= 4 is 40.3 Å². The second-order valence-corrected chi connectivity index (χ2v) is 12.6. The summed E-state index contributed by atoms with van der Waals surface area (Å²) >= 11 is 13.1. The third-order valence-electron chi connectivity index (χ3n) is 8.62. The van der Waals surface area contributed by atoms with E-state index in [1.165, 1.54) is 12.0 Å². The maximum Gasteiger partial charge on any atom is 0.174 e. The van der Waals surface area contributed by atoms with Crippen LogP contribution in [0.15, 0.2) is 72.9 Å². The monoisotopic (exact) mass is 599 g/mol. The van der Waals surface area contributed by atoms with E-state index in [1.807, 2.05) is 30.5 Å². The second kappa shape index (κ2) is 11.6. The molecule has 4 atom stereocenters. The summed E-state index contributed by atoms with van der Waals surface area (Å²) in [6, 6.07) is 22.6. The van der Waals surface area contributed by atoms with Crippen LogP contribution in [0.5, 0.6) is 5.75 Å². The van der Waals surface area contributed by atoms with Crippen molar-refractivity contribution in [3.05, 3.63) is 101 Å². The van der Waals surface area contributed by atoms with Crippen molar-refractivity contribution in [2.24, 2.45) is 11.8 Å². The van der Waals surface area contributed by atoms with E-state index in [4.69, 9.17) is 33.5 Å². The molecule has 2 aliphatic heterocycles. The van der Waals surface area contributed by atoms with E-state index in [9.17, 15) is 0 Å². The van der Waals surface area contributed by atoms with Crippen molar-refractivity contribution in [3.8, 4) is 11.4 Å². The molecule has 0 saturated carbocycles. The summed E-state index contributed by atoms with van der Waals surface area (Å²) in [5, 5.41) is 5.01. The Morgan fingerprint density at radius 2 is 1.74 bits per heavy atom. The lowest BCUT2D eigenvalue weighted by molar-refractivity contribution is 0.357. The van der Waals surface area contributed by atoms with Gasteiger partial charge in [-0.3, -0.25) is 4.98 Å². The number of nitrogens with zero attached hydrogens (tertiary/aromatic N) is 4. The minimum Gasteiger partial charge on any atom is -0.497 e. The van der Waals surface area contributed by atoms with Gasteiger partial charge in [0.05, 0.1) is 35.6 Å². The standard InChI is InChI=1S/C34H38ClN5OS/c1-21-15-22(2)20-38(19-21)31-13-12-26(18-29(31)35)40-33(32(37-34(40)42)30-11-6-7-14-36-30)28-16-23(3)39(24(28)4)25-9-8-10-27(17-25)41-5/h6-14,16-18,21-22,32-33H,15,19-20H2,1-5H3,(H,37,42)/t21-,22-,32+,33-/m1/s1. The number of pyridine rings is 1. The lowest BCUT2D eigenvalue weighted by Crippen LogP contribution is -2.38. The van der Waals surface area contributed by atoms with Crippen molar-refractivity contribution in [2.45, 2.75) is 46.2 Å². The summed E-state index contributed by atoms with van der Waals surface area (Å²) in [4.78, 5) is 9.38. The Morgan fingerprint density at radius 1 is 0.952 bits per heavy atom. The maximum atomic E-state index is 7.04. The van der Waals surface area contributed by atoms with Crippen LogP contribution in [0.25, 0.3) is 5.69 Å². The zero-order chi connectivity index (χ0) is 29.5. The van der Waals surface area contributed by atoms with Crippen LogP contribution in [0, 0.1) is 25.7 Å². The third-order valence-corrected chi connectivity index (χ3v) is 9.23. The minimum absolute atomic E-state index is 0.130. The molecule has 0 spiro atoms. The van der Waals surface area contributed by atoms with Crippen LogP contribution < -0.4 is 19.9 Å². The first-order valence-corrected chi connectivity index (χ1v) is 15.4. The van der Waals surface area contributed by atoms with E-state index in [-0.39, 0.29) is 12.1 Å². The van der Waals surface area contributed by atoms with Crippen LogP contribution in [-0.2, 0) is 0 Å². The molecular weight excluding hydrogens is 562 g/mol. The van der Waals surface area contributed by atoms with Crippen LogP contribution in [0.2, 0.25) is 5.02 Å². The summed E-state index contributed by atoms with van der Waals surface area (Å²) in [6.07, 6.45) is 3.09. The number of methoxy groups -OCH3 is 1. The molecule has 2 aliphatic rings. The first-order chi connectivity index (χ1) is 20.2. The van der Waals surface area contributed by atoms with Gasteiger partial charge >= 0.3 is 0 Å². The lowest BCUT2D eigenvalue weighted by Gasteiger charge is -2.37. The molecule has 42 heavy (non-hydrogen) atoms. The number of benzene rings is 2. The summed E-state index contributed by atoms with van der Waals surface area (Å²) in [5.74, 6) is 2.11. The SMILES string of the molecule is COc1cccc(-n2c(C)cc([C@@H]3[C@H](c4ccccn4)NC(=S)N3c3ccc(N4C[C@H](C)C[C@@H](C)C4)c(Cl)c3)c2C)c1. The number of rotatable bonds is 6. The van der Waals surface area contributed by atoms with Crippen LogP contribution in [0.3, 0.4) is 0 Å². The Balaban J connectivity index is 1.44. The predicted molar refractivity (Wildman–Crippen MR) is 176 cm³/mol. The molecular formula is C34H38ClN5OS. The van der Waals surface area contributed by atoms with E-state index >= 15 is 0 Å². The predicted octanol–water partition coefficient (Wildman–Crippen LogP) is 7.81. The molecule has 0 unspecified atom stereocenters. The number of anilines is 2. The molecule has 2 aromatic heterocycles. The number of aryl methyl sites for hydroxylation is 1. The van der Waals surface area contributed by atoms with Crippen LogP contribution in [0.1, 0.15) is 55.0 Å². The topological polar surface area (TPSA) is 45.6 Å². The summed E-state index contributed by atoms with van der Waals surface area (Å²) in [7, 11) is 1.70. The molecule has 0 bridgehead atoms. The Hall–Kier alpha value is -3.55. The molecule has 0 aliphatic carbocycles. The molecule has 0 radical (unpaired) electrons. The number of halogens is 1. The van der Waals surface area contributed by atoms with Gasteiger partial charge in [0.15, 0.2) is 5.11 Å². The normalized spacial score (nSPS) is 22.4. The zero-order valence-electron chi connectivity index (χ0n) is 24.8. The van der Waals surface area contributed by atoms with Gasteiger partial charge < -0.3 is 24.4 Å². The molecule has 0 amide bonds. The summed E-state index contributed by atoms with van der Waals surface area (Å²) in [6.45, 7) is 11.0. The molecule has 4 heterocycles. The molecule has 6 nitrogen and oxygen atoms in total. The maximum absolute atomic E-state index is 7.04. The van der Waals surface area contributed by atoms with E-state index in [0.717, 1.165) is 58.0 Å². The number of thiocarbonyl (C=S) groups is 1. The van der Waals surface area contributed by atoms with Crippen molar-refractivity contribution in [2.75, 3.05) is 30.0 Å². The summed E-state index contributed by atoms with van der Waals surface area (Å²) < 4.78 is 7.81. The van der Waals surface area contributed by atoms with Gasteiger partial charge in [0.2, 0.25) is 0 Å². The van der Waals surface area contributed by atoms with Gasteiger partial charge in [0, 0.05) is 48.1 Å². The van der Waals surface area contributed by atoms with Crippen molar-refractivity contribution in [1.29, 1.82) is 0 Å². The molecule has 2 aromatic carbocycles. The van der Waals surface area contributed by atoms with E-state index in [2.05, 4.69) is 89.8 Å². The fourth-order valence-electron chi connectivity index (χ4n) is 6.94. The molecule has 4 aromatic rings. The van der Waals surface area contributed by atoms with Gasteiger partial charge in [-0.05, 0) is 98.4 Å². The highest BCUT2D eigenvalue weighted by Gasteiger charge is 2.42. The van der Waals surface area contributed by atoms with Crippen molar-refractivity contribution in [3.63, 3.8) is 0 Å². The van der Waals surface area contributed by atoms with Crippen molar-refractivity contribution < 1.29 is 4.74 Å². The van der Waals surface area contributed by atoms with Crippen LogP contribution in [0.4, 0.5) is 11.4 Å². The smallest absolute Gasteiger partial charge is 0.174 e. The number of aromatic nitrogens is 2. The number of nitrogens with one attached hydrogen (secondary N) is 1. The highest BCUT2D eigenvalue weighted by Crippen LogP contribution is 2.45. The Bertz CT molecular complexity index is 1590. The average Bonchev–Trinajstić information content (AvgIpc) is 3.47. The molecule has 218 valence electrons.